The molecule has 0 radical (unpaired) electrons. The molecule has 2 rings (SSSR count). The van der Waals surface area contributed by atoms with Gasteiger partial charge in [-0.05, 0) is 17.7 Å². The SMILES string of the molecule is NC[C@H]1CN(Cc2cccc(F)c2)C(=O)O1. The molecule has 16 heavy (non-hydrogen) atoms. The zero-order valence-electron chi connectivity index (χ0n) is 8.73. The van der Waals surface area contributed by atoms with Crippen molar-refractivity contribution in [2.45, 2.75) is 12.6 Å². The van der Waals surface area contributed by atoms with Gasteiger partial charge in [-0.1, -0.05) is 12.1 Å². The summed E-state index contributed by atoms with van der Waals surface area (Å²) in [6, 6.07) is 6.16. The summed E-state index contributed by atoms with van der Waals surface area (Å²) in [5.74, 6) is -0.305. The number of carbonyl (C=O) groups is 1. The van der Waals surface area contributed by atoms with Crippen LogP contribution in [0.4, 0.5) is 9.18 Å². The van der Waals surface area contributed by atoms with Crippen LogP contribution in [0.15, 0.2) is 24.3 Å². The van der Waals surface area contributed by atoms with Crippen molar-refractivity contribution in [3.05, 3.63) is 35.6 Å². The van der Waals surface area contributed by atoms with E-state index >= 15 is 0 Å². The second-order valence-corrected chi connectivity index (χ2v) is 3.75. The second-order valence-electron chi connectivity index (χ2n) is 3.75. The molecule has 1 aliphatic heterocycles. The van der Waals surface area contributed by atoms with Crippen LogP contribution in [0.2, 0.25) is 0 Å². The van der Waals surface area contributed by atoms with Gasteiger partial charge < -0.3 is 15.4 Å². The lowest BCUT2D eigenvalue weighted by Crippen LogP contribution is -2.27. The first-order valence-electron chi connectivity index (χ1n) is 5.09. The number of hydrogen-bond donors (Lipinski definition) is 1. The summed E-state index contributed by atoms with van der Waals surface area (Å²) in [6.45, 7) is 1.13. The van der Waals surface area contributed by atoms with Crippen molar-refractivity contribution < 1.29 is 13.9 Å². The van der Waals surface area contributed by atoms with Crippen LogP contribution in [-0.4, -0.2) is 30.2 Å². The summed E-state index contributed by atoms with van der Waals surface area (Å²) < 4.78 is 17.9. The Morgan fingerprint density at radius 3 is 3.00 bits per heavy atom. The molecule has 0 spiro atoms. The van der Waals surface area contributed by atoms with Crippen LogP contribution in [0.25, 0.3) is 0 Å². The van der Waals surface area contributed by atoms with E-state index in [4.69, 9.17) is 10.5 Å². The molecule has 1 aromatic rings. The smallest absolute Gasteiger partial charge is 0.410 e. The van der Waals surface area contributed by atoms with Crippen molar-refractivity contribution >= 4 is 6.09 Å². The van der Waals surface area contributed by atoms with E-state index in [0.29, 0.717) is 19.6 Å². The van der Waals surface area contributed by atoms with E-state index in [9.17, 15) is 9.18 Å². The van der Waals surface area contributed by atoms with Gasteiger partial charge in [0.05, 0.1) is 6.54 Å². The average Bonchev–Trinajstić information content (AvgIpc) is 2.60. The van der Waals surface area contributed by atoms with E-state index in [0.717, 1.165) is 5.56 Å². The first-order chi connectivity index (χ1) is 7.69. The molecular formula is C11H13FN2O2. The fraction of sp³-hybridized carbons (Fsp3) is 0.364. The topological polar surface area (TPSA) is 55.6 Å². The van der Waals surface area contributed by atoms with Gasteiger partial charge in [-0.3, -0.25) is 0 Å². The summed E-state index contributed by atoms with van der Waals surface area (Å²) in [7, 11) is 0. The van der Waals surface area contributed by atoms with Gasteiger partial charge in [-0.2, -0.15) is 0 Å². The maximum absolute atomic E-state index is 12.9. The second kappa shape index (κ2) is 4.49. The molecule has 0 bridgehead atoms. The molecule has 4 nitrogen and oxygen atoms in total. The molecule has 1 aliphatic rings. The Balaban J connectivity index is 2.03. The van der Waals surface area contributed by atoms with E-state index in [1.165, 1.54) is 17.0 Å². The standard InChI is InChI=1S/C11H13FN2O2/c12-9-3-1-2-8(4-9)6-14-7-10(5-13)16-11(14)15/h1-4,10H,5-7,13H2/t10-/m0/s1. The molecule has 1 amide bonds. The Morgan fingerprint density at radius 2 is 2.38 bits per heavy atom. The van der Waals surface area contributed by atoms with Gasteiger partial charge in [0.25, 0.3) is 0 Å². The maximum atomic E-state index is 12.9. The minimum atomic E-state index is -0.389. The molecule has 86 valence electrons. The summed E-state index contributed by atoms with van der Waals surface area (Å²) >= 11 is 0. The molecule has 1 saturated heterocycles. The zero-order valence-corrected chi connectivity index (χ0v) is 8.73. The van der Waals surface area contributed by atoms with Crippen molar-refractivity contribution in [2.24, 2.45) is 5.73 Å². The number of hydrogen-bond acceptors (Lipinski definition) is 3. The minimum absolute atomic E-state index is 0.249. The van der Waals surface area contributed by atoms with Crippen molar-refractivity contribution in [1.29, 1.82) is 0 Å². The Morgan fingerprint density at radius 1 is 1.56 bits per heavy atom. The van der Waals surface area contributed by atoms with E-state index in [2.05, 4.69) is 0 Å². The van der Waals surface area contributed by atoms with Gasteiger partial charge in [-0.25, -0.2) is 9.18 Å². The van der Waals surface area contributed by atoms with Crippen LogP contribution in [-0.2, 0) is 11.3 Å². The highest BCUT2D eigenvalue weighted by Gasteiger charge is 2.29. The van der Waals surface area contributed by atoms with Crippen LogP contribution >= 0.6 is 0 Å². The van der Waals surface area contributed by atoms with Crippen LogP contribution < -0.4 is 5.73 Å². The van der Waals surface area contributed by atoms with Crippen molar-refractivity contribution in [3.63, 3.8) is 0 Å². The third-order valence-electron chi connectivity index (χ3n) is 2.48. The van der Waals surface area contributed by atoms with Crippen LogP contribution in [0.3, 0.4) is 0 Å². The molecule has 1 heterocycles. The predicted molar refractivity (Wildman–Crippen MR) is 56.1 cm³/mol. The van der Waals surface area contributed by atoms with Crippen molar-refractivity contribution in [3.8, 4) is 0 Å². The average molecular weight is 224 g/mol. The van der Waals surface area contributed by atoms with Gasteiger partial charge in [0.2, 0.25) is 0 Å². The Labute approximate surface area is 92.8 Å². The fourth-order valence-corrected chi connectivity index (χ4v) is 1.68. The third kappa shape index (κ3) is 2.30. The van der Waals surface area contributed by atoms with Crippen LogP contribution in [0, 0.1) is 5.82 Å². The quantitative estimate of drug-likeness (QED) is 0.836. The van der Waals surface area contributed by atoms with Gasteiger partial charge in [0.1, 0.15) is 11.9 Å². The van der Waals surface area contributed by atoms with E-state index in [1.54, 1.807) is 12.1 Å². The number of benzene rings is 1. The Bertz CT molecular complexity index is 397. The lowest BCUT2D eigenvalue weighted by atomic mass is 10.2. The monoisotopic (exact) mass is 224 g/mol. The van der Waals surface area contributed by atoms with Gasteiger partial charge in [-0.15, -0.1) is 0 Å². The molecule has 0 saturated carbocycles. The van der Waals surface area contributed by atoms with Crippen LogP contribution in [0.1, 0.15) is 5.56 Å². The summed E-state index contributed by atoms with van der Waals surface area (Å²) in [5, 5.41) is 0. The highest BCUT2D eigenvalue weighted by atomic mass is 19.1. The number of rotatable bonds is 3. The zero-order chi connectivity index (χ0) is 11.5. The number of halogens is 1. The molecule has 2 N–H and O–H groups in total. The van der Waals surface area contributed by atoms with E-state index < -0.39 is 0 Å². The molecule has 0 aromatic heterocycles. The Hall–Kier alpha value is -1.62. The number of ether oxygens (including phenoxy) is 1. The van der Waals surface area contributed by atoms with Crippen molar-refractivity contribution in [1.82, 2.24) is 4.90 Å². The highest BCUT2D eigenvalue weighted by molar-refractivity contribution is 5.69. The van der Waals surface area contributed by atoms with Crippen molar-refractivity contribution in [2.75, 3.05) is 13.1 Å². The molecule has 0 unspecified atom stereocenters. The largest absolute Gasteiger partial charge is 0.443 e. The molecule has 1 aromatic carbocycles. The molecule has 1 fully saturated rings. The van der Waals surface area contributed by atoms with E-state index in [1.807, 2.05) is 0 Å². The van der Waals surface area contributed by atoms with Gasteiger partial charge in [0.15, 0.2) is 0 Å². The summed E-state index contributed by atoms with van der Waals surface area (Å²) in [6.07, 6.45) is -0.638. The minimum Gasteiger partial charge on any atom is -0.443 e. The first-order valence-corrected chi connectivity index (χ1v) is 5.09. The number of cyclic esters (lactones) is 1. The summed E-state index contributed by atoms with van der Waals surface area (Å²) in [4.78, 5) is 12.9. The predicted octanol–water partition coefficient (Wildman–Crippen LogP) is 1.11. The number of nitrogens with two attached hydrogens (primary N) is 1. The lowest BCUT2D eigenvalue weighted by Gasteiger charge is -2.12. The summed E-state index contributed by atoms with van der Waals surface area (Å²) in [5.41, 5.74) is 6.16. The van der Waals surface area contributed by atoms with Gasteiger partial charge in [0, 0.05) is 13.1 Å². The van der Waals surface area contributed by atoms with Crippen LogP contribution in [0.5, 0.6) is 0 Å². The number of nitrogens with zero attached hydrogens (tertiary/aromatic N) is 1. The third-order valence-corrected chi connectivity index (χ3v) is 2.48. The lowest BCUT2D eigenvalue weighted by molar-refractivity contribution is 0.134. The van der Waals surface area contributed by atoms with Gasteiger partial charge >= 0.3 is 6.09 Å². The van der Waals surface area contributed by atoms with E-state index in [-0.39, 0.29) is 18.0 Å². The molecule has 1 atom stereocenters. The normalized spacial score (nSPS) is 20.0. The molecule has 5 heteroatoms. The highest BCUT2D eigenvalue weighted by Crippen LogP contribution is 2.15. The number of amides is 1. The molecular weight excluding hydrogens is 211 g/mol. The fourth-order valence-electron chi connectivity index (χ4n) is 1.68. The Kier molecular flexibility index (Phi) is 3.05. The first kappa shape index (κ1) is 10.9. The number of carbonyl (C=O) groups excluding carboxylic acids is 1. The molecule has 0 aliphatic carbocycles. The maximum Gasteiger partial charge on any atom is 0.410 e.